The van der Waals surface area contributed by atoms with Gasteiger partial charge in [-0.15, -0.1) is 0 Å². The SMILES string of the molecule is Cc1cc(C)c(C)c(S(=O)(=O)Nc2ccc(NC(=O)C3CC3)cc2)c1C. The molecule has 0 spiro atoms. The Hall–Kier alpha value is -2.34. The Labute approximate surface area is 154 Å². The standard InChI is InChI=1S/C20H24N2O3S/c1-12-11-13(2)15(4)19(14(12)3)26(24,25)22-18-9-7-17(8-10-18)21-20(23)16-5-6-16/h7-11,16,22H,5-6H2,1-4H3,(H,21,23). The van der Waals surface area contributed by atoms with Crippen molar-refractivity contribution in [2.75, 3.05) is 10.0 Å². The second-order valence-electron chi connectivity index (χ2n) is 7.04. The Balaban J connectivity index is 1.83. The number of nitrogens with one attached hydrogen (secondary N) is 2. The van der Waals surface area contributed by atoms with Gasteiger partial charge in [-0.2, -0.15) is 0 Å². The first-order valence-corrected chi connectivity index (χ1v) is 10.2. The predicted octanol–water partition coefficient (Wildman–Crippen LogP) is 4.07. The quantitative estimate of drug-likeness (QED) is 0.831. The summed E-state index contributed by atoms with van der Waals surface area (Å²) in [6.07, 6.45) is 1.89. The zero-order valence-corrected chi connectivity index (χ0v) is 16.3. The van der Waals surface area contributed by atoms with Crippen LogP contribution < -0.4 is 10.0 Å². The molecule has 0 saturated heterocycles. The summed E-state index contributed by atoms with van der Waals surface area (Å²) >= 11 is 0. The van der Waals surface area contributed by atoms with Crippen molar-refractivity contribution in [2.24, 2.45) is 5.92 Å². The molecule has 1 aliphatic carbocycles. The van der Waals surface area contributed by atoms with Gasteiger partial charge in [0.05, 0.1) is 4.90 Å². The number of aryl methyl sites for hydroxylation is 2. The van der Waals surface area contributed by atoms with E-state index in [1.54, 1.807) is 24.3 Å². The first kappa shape index (κ1) is 18.5. The van der Waals surface area contributed by atoms with Crippen LogP contribution in [0.5, 0.6) is 0 Å². The molecular weight excluding hydrogens is 348 g/mol. The van der Waals surface area contributed by atoms with Gasteiger partial charge in [-0.05, 0) is 87.1 Å². The number of rotatable bonds is 5. The molecule has 1 amide bonds. The zero-order valence-electron chi connectivity index (χ0n) is 15.5. The summed E-state index contributed by atoms with van der Waals surface area (Å²) in [4.78, 5) is 12.1. The Kier molecular flexibility index (Phi) is 4.80. The molecular formula is C20H24N2O3S. The summed E-state index contributed by atoms with van der Waals surface area (Å²) in [5, 5.41) is 2.84. The fourth-order valence-electron chi connectivity index (χ4n) is 3.00. The Bertz CT molecular complexity index is 933. The van der Waals surface area contributed by atoms with Gasteiger partial charge >= 0.3 is 0 Å². The maximum Gasteiger partial charge on any atom is 0.262 e. The molecule has 1 saturated carbocycles. The van der Waals surface area contributed by atoms with Gasteiger partial charge in [-0.3, -0.25) is 9.52 Å². The molecule has 2 aromatic carbocycles. The number of amides is 1. The molecule has 26 heavy (non-hydrogen) atoms. The van der Waals surface area contributed by atoms with Crippen LogP contribution in [0.15, 0.2) is 35.2 Å². The number of benzene rings is 2. The zero-order chi connectivity index (χ0) is 19.1. The van der Waals surface area contributed by atoms with E-state index in [9.17, 15) is 13.2 Å². The molecule has 5 nitrogen and oxygen atoms in total. The van der Waals surface area contributed by atoms with Gasteiger partial charge in [0, 0.05) is 17.3 Å². The number of anilines is 2. The minimum absolute atomic E-state index is 0.0276. The van der Waals surface area contributed by atoms with E-state index in [0.29, 0.717) is 16.3 Å². The maximum absolute atomic E-state index is 12.9. The molecule has 1 aliphatic rings. The third kappa shape index (κ3) is 3.75. The third-order valence-corrected chi connectivity index (χ3v) is 6.57. The van der Waals surface area contributed by atoms with Gasteiger partial charge in [-0.1, -0.05) is 6.07 Å². The van der Waals surface area contributed by atoms with Crippen molar-refractivity contribution in [2.45, 2.75) is 45.4 Å². The van der Waals surface area contributed by atoms with Gasteiger partial charge in [0.25, 0.3) is 10.0 Å². The highest BCUT2D eigenvalue weighted by molar-refractivity contribution is 7.92. The molecule has 138 valence electrons. The molecule has 2 aromatic rings. The Morgan fingerprint density at radius 1 is 0.923 bits per heavy atom. The maximum atomic E-state index is 12.9. The molecule has 0 atom stereocenters. The van der Waals surface area contributed by atoms with Crippen LogP contribution in [0.3, 0.4) is 0 Å². The summed E-state index contributed by atoms with van der Waals surface area (Å²) in [6, 6.07) is 8.74. The van der Waals surface area contributed by atoms with Gasteiger partial charge in [0.1, 0.15) is 0 Å². The van der Waals surface area contributed by atoms with Crippen LogP contribution in [-0.2, 0) is 14.8 Å². The summed E-state index contributed by atoms with van der Waals surface area (Å²) in [5.41, 5.74) is 4.55. The lowest BCUT2D eigenvalue weighted by Gasteiger charge is -2.17. The van der Waals surface area contributed by atoms with Crippen LogP contribution in [0.1, 0.15) is 35.1 Å². The van der Waals surface area contributed by atoms with E-state index >= 15 is 0 Å². The predicted molar refractivity (Wildman–Crippen MR) is 104 cm³/mol. The molecule has 0 aromatic heterocycles. The second-order valence-corrected chi connectivity index (χ2v) is 8.66. The molecule has 0 aliphatic heterocycles. The first-order valence-electron chi connectivity index (χ1n) is 8.70. The lowest BCUT2D eigenvalue weighted by Crippen LogP contribution is -2.17. The molecule has 6 heteroatoms. The lowest BCUT2D eigenvalue weighted by atomic mass is 10.0. The largest absolute Gasteiger partial charge is 0.326 e. The number of hydrogen-bond donors (Lipinski definition) is 2. The fraction of sp³-hybridized carbons (Fsp3) is 0.350. The van der Waals surface area contributed by atoms with Crippen LogP contribution in [0.4, 0.5) is 11.4 Å². The van der Waals surface area contributed by atoms with E-state index in [4.69, 9.17) is 0 Å². The highest BCUT2D eigenvalue weighted by Crippen LogP contribution is 2.31. The molecule has 0 radical (unpaired) electrons. The summed E-state index contributed by atoms with van der Waals surface area (Å²) in [5.74, 6) is 0.156. The van der Waals surface area contributed by atoms with Gasteiger partial charge in [-0.25, -0.2) is 8.42 Å². The van der Waals surface area contributed by atoms with Crippen LogP contribution in [-0.4, -0.2) is 14.3 Å². The molecule has 0 heterocycles. The highest BCUT2D eigenvalue weighted by Gasteiger charge is 2.29. The van der Waals surface area contributed by atoms with E-state index in [2.05, 4.69) is 10.0 Å². The van der Waals surface area contributed by atoms with Crippen molar-refractivity contribution in [3.05, 3.63) is 52.6 Å². The van der Waals surface area contributed by atoms with Crippen LogP contribution >= 0.6 is 0 Å². The Morgan fingerprint density at radius 2 is 1.42 bits per heavy atom. The molecule has 3 rings (SSSR count). The van der Waals surface area contributed by atoms with Crippen LogP contribution in [0.2, 0.25) is 0 Å². The van der Waals surface area contributed by atoms with Gasteiger partial charge in [0.2, 0.25) is 5.91 Å². The Morgan fingerprint density at radius 3 is 1.92 bits per heavy atom. The number of hydrogen-bond acceptors (Lipinski definition) is 3. The smallest absolute Gasteiger partial charge is 0.262 e. The van der Waals surface area contributed by atoms with Crippen molar-refractivity contribution in [1.29, 1.82) is 0 Å². The van der Waals surface area contributed by atoms with E-state index < -0.39 is 10.0 Å². The van der Waals surface area contributed by atoms with Crippen molar-refractivity contribution in [3.63, 3.8) is 0 Å². The monoisotopic (exact) mass is 372 g/mol. The number of sulfonamides is 1. The average molecular weight is 372 g/mol. The normalized spacial score (nSPS) is 14.2. The molecule has 2 N–H and O–H groups in total. The minimum Gasteiger partial charge on any atom is -0.326 e. The summed E-state index contributed by atoms with van der Waals surface area (Å²) in [7, 11) is -3.70. The van der Waals surface area contributed by atoms with Crippen molar-refractivity contribution in [1.82, 2.24) is 0 Å². The van der Waals surface area contributed by atoms with E-state index in [1.165, 1.54) is 0 Å². The van der Waals surface area contributed by atoms with Crippen molar-refractivity contribution < 1.29 is 13.2 Å². The van der Waals surface area contributed by atoms with Crippen molar-refractivity contribution >= 4 is 27.3 Å². The summed E-state index contributed by atoms with van der Waals surface area (Å²) in [6.45, 7) is 7.48. The average Bonchev–Trinajstić information content (AvgIpc) is 3.39. The number of carbonyl (C=O) groups excluding carboxylic acids is 1. The van der Waals surface area contributed by atoms with E-state index in [0.717, 1.165) is 35.1 Å². The lowest BCUT2D eigenvalue weighted by molar-refractivity contribution is -0.117. The van der Waals surface area contributed by atoms with Gasteiger partial charge < -0.3 is 5.32 Å². The second kappa shape index (κ2) is 6.76. The molecule has 0 bridgehead atoms. The fourth-order valence-corrected chi connectivity index (χ4v) is 4.68. The third-order valence-electron chi connectivity index (χ3n) is 4.92. The first-order chi connectivity index (χ1) is 12.2. The van der Waals surface area contributed by atoms with Crippen molar-refractivity contribution in [3.8, 4) is 0 Å². The van der Waals surface area contributed by atoms with Gasteiger partial charge in [0.15, 0.2) is 0 Å². The number of carbonyl (C=O) groups is 1. The topological polar surface area (TPSA) is 75.3 Å². The molecule has 1 fully saturated rings. The summed E-state index contributed by atoms with van der Waals surface area (Å²) < 4.78 is 28.5. The minimum atomic E-state index is -3.70. The van der Waals surface area contributed by atoms with Crippen LogP contribution in [0, 0.1) is 33.6 Å². The van der Waals surface area contributed by atoms with E-state index in [-0.39, 0.29) is 11.8 Å². The van der Waals surface area contributed by atoms with E-state index in [1.807, 2.05) is 33.8 Å². The highest BCUT2D eigenvalue weighted by atomic mass is 32.2. The molecule has 0 unspecified atom stereocenters. The van der Waals surface area contributed by atoms with Crippen LogP contribution in [0.25, 0.3) is 0 Å².